The van der Waals surface area contributed by atoms with Crippen molar-refractivity contribution in [2.75, 3.05) is 37.7 Å². The van der Waals surface area contributed by atoms with Crippen LogP contribution >= 0.6 is 11.3 Å². The molecular weight excluding hydrogens is 298 g/mol. The number of thiophene rings is 1. The molecule has 0 spiro atoms. The van der Waals surface area contributed by atoms with E-state index >= 15 is 0 Å². The first-order chi connectivity index (χ1) is 10.0. The van der Waals surface area contributed by atoms with Gasteiger partial charge in [-0.15, -0.1) is 11.3 Å². The highest BCUT2D eigenvalue weighted by atomic mass is 32.1. The van der Waals surface area contributed by atoms with Crippen molar-refractivity contribution in [2.45, 2.75) is 26.9 Å². The first kappa shape index (κ1) is 17.0. The van der Waals surface area contributed by atoms with Crippen LogP contribution in [0.4, 0.5) is 5.82 Å². The molecule has 0 radical (unpaired) electrons. The second-order valence-electron chi connectivity index (χ2n) is 5.95. The molecule has 22 heavy (non-hydrogen) atoms. The molecule has 0 aliphatic carbocycles. The Kier molecular flexibility index (Phi) is 5.26. The molecule has 0 amide bonds. The van der Waals surface area contributed by atoms with E-state index in [9.17, 15) is 5.11 Å². The highest BCUT2D eigenvalue weighted by Crippen LogP contribution is 2.32. The van der Waals surface area contributed by atoms with Gasteiger partial charge in [0.1, 0.15) is 12.4 Å². The van der Waals surface area contributed by atoms with E-state index in [0.717, 1.165) is 32.0 Å². The molecule has 0 bridgehead atoms. The smallest absolute Gasteiger partial charge is 0.216 e. The quantitative estimate of drug-likeness (QED) is 0.905. The van der Waals surface area contributed by atoms with Crippen molar-refractivity contribution in [1.82, 2.24) is 10.3 Å². The van der Waals surface area contributed by atoms with E-state index in [4.69, 9.17) is 4.74 Å². The topological polar surface area (TPSA) is 57.6 Å². The summed E-state index contributed by atoms with van der Waals surface area (Å²) >= 11 is 1.69. The molecule has 3 heterocycles. The molecule has 0 saturated carbocycles. The van der Waals surface area contributed by atoms with Gasteiger partial charge in [-0.25, -0.2) is 0 Å². The second kappa shape index (κ2) is 6.81. The molecule has 2 N–H and O–H groups in total. The lowest BCUT2D eigenvalue weighted by Crippen LogP contribution is -2.44. The van der Waals surface area contributed by atoms with Gasteiger partial charge in [0.05, 0.1) is 5.60 Å². The van der Waals surface area contributed by atoms with E-state index in [1.165, 1.54) is 10.1 Å². The number of aliphatic hydroxyl groups is 1. The number of nitrogens with one attached hydrogen (secondary N) is 1. The van der Waals surface area contributed by atoms with Gasteiger partial charge in [-0.2, -0.15) is 4.98 Å². The fraction of sp³-hybridized carbons (Fsp3) is 0.562. The van der Waals surface area contributed by atoms with Crippen LogP contribution < -0.4 is 15.0 Å². The average Bonchev–Trinajstić information content (AvgIpc) is 2.92. The van der Waals surface area contributed by atoms with Gasteiger partial charge in [-0.3, -0.25) is 0 Å². The van der Waals surface area contributed by atoms with Crippen LogP contribution in [0.3, 0.4) is 0 Å². The molecule has 0 aromatic carbocycles. The number of ether oxygens (including phenoxy) is 1. The molecule has 2 aromatic rings. The van der Waals surface area contributed by atoms with Crippen LogP contribution in [0.2, 0.25) is 0 Å². The monoisotopic (exact) mass is 323 g/mol. The fourth-order valence-corrected chi connectivity index (χ4v) is 3.17. The van der Waals surface area contributed by atoms with Crippen LogP contribution in [0.25, 0.3) is 10.1 Å². The molecule has 1 saturated heterocycles. The van der Waals surface area contributed by atoms with Crippen molar-refractivity contribution in [2.24, 2.45) is 0 Å². The molecule has 0 atom stereocenters. The first-order valence-corrected chi connectivity index (χ1v) is 8.10. The number of pyridine rings is 1. The van der Waals surface area contributed by atoms with Gasteiger partial charge in [0.2, 0.25) is 5.88 Å². The summed E-state index contributed by atoms with van der Waals surface area (Å²) in [4.78, 5) is 6.97. The number of hydrogen-bond donors (Lipinski definition) is 2. The number of aromatic nitrogens is 1. The minimum absolute atomic E-state index is 0. The Bertz CT molecular complexity index is 615. The number of fused-ring (bicyclic) bond motifs is 1. The average molecular weight is 323 g/mol. The molecule has 6 heteroatoms. The van der Waals surface area contributed by atoms with E-state index in [1.807, 2.05) is 6.07 Å². The summed E-state index contributed by atoms with van der Waals surface area (Å²) in [5.74, 6) is 1.57. The van der Waals surface area contributed by atoms with Crippen molar-refractivity contribution in [3.63, 3.8) is 0 Å². The third kappa shape index (κ3) is 3.88. The van der Waals surface area contributed by atoms with E-state index < -0.39 is 5.60 Å². The Morgan fingerprint density at radius 2 is 2.14 bits per heavy atom. The number of hydrogen-bond acceptors (Lipinski definition) is 6. The van der Waals surface area contributed by atoms with Crippen LogP contribution in [0, 0.1) is 0 Å². The van der Waals surface area contributed by atoms with Crippen LogP contribution in [0.1, 0.15) is 21.3 Å². The van der Waals surface area contributed by atoms with Gasteiger partial charge in [-0.1, -0.05) is 7.43 Å². The van der Waals surface area contributed by atoms with Gasteiger partial charge in [-0.05, 0) is 25.3 Å². The van der Waals surface area contributed by atoms with Crippen molar-refractivity contribution >= 4 is 27.2 Å². The maximum absolute atomic E-state index is 9.80. The predicted octanol–water partition coefficient (Wildman–Crippen LogP) is 2.49. The van der Waals surface area contributed by atoms with Crippen molar-refractivity contribution in [3.05, 3.63) is 17.5 Å². The number of nitrogens with zero attached hydrogens (tertiary/aromatic N) is 2. The summed E-state index contributed by atoms with van der Waals surface area (Å²) in [5, 5.41) is 16.4. The van der Waals surface area contributed by atoms with Crippen LogP contribution in [-0.4, -0.2) is 48.5 Å². The van der Waals surface area contributed by atoms with Crippen molar-refractivity contribution in [3.8, 4) is 5.88 Å². The Labute approximate surface area is 135 Å². The van der Waals surface area contributed by atoms with Crippen LogP contribution in [0.15, 0.2) is 17.5 Å². The fourth-order valence-electron chi connectivity index (χ4n) is 2.37. The van der Waals surface area contributed by atoms with Gasteiger partial charge in [0, 0.05) is 42.3 Å². The van der Waals surface area contributed by atoms with Gasteiger partial charge < -0.3 is 20.1 Å². The molecule has 122 valence electrons. The summed E-state index contributed by atoms with van der Waals surface area (Å²) in [7, 11) is 0. The van der Waals surface area contributed by atoms with Crippen molar-refractivity contribution in [1.29, 1.82) is 0 Å². The predicted molar refractivity (Wildman–Crippen MR) is 93.2 cm³/mol. The Hall–Kier alpha value is -1.37. The Morgan fingerprint density at radius 3 is 2.82 bits per heavy atom. The van der Waals surface area contributed by atoms with Crippen LogP contribution in [-0.2, 0) is 0 Å². The lowest BCUT2D eigenvalue weighted by atomic mass is 10.2. The van der Waals surface area contributed by atoms with Crippen LogP contribution in [0.5, 0.6) is 5.88 Å². The molecule has 2 aromatic heterocycles. The van der Waals surface area contributed by atoms with Gasteiger partial charge >= 0.3 is 0 Å². The molecule has 1 fully saturated rings. The normalized spacial score (nSPS) is 15.7. The Balaban J connectivity index is 0.00000176. The minimum atomic E-state index is -0.860. The molecular formula is C16H25N3O2S. The molecule has 1 aliphatic heterocycles. The highest BCUT2D eigenvalue weighted by Gasteiger charge is 2.19. The minimum Gasteiger partial charge on any atom is -0.475 e. The van der Waals surface area contributed by atoms with Crippen molar-refractivity contribution < 1.29 is 9.84 Å². The lowest BCUT2D eigenvalue weighted by molar-refractivity contribution is 0.0269. The van der Waals surface area contributed by atoms with Gasteiger partial charge in [0.15, 0.2) is 0 Å². The van der Waals surface area contributed by atoms with E-state index in [2.05, 4.69) is 26.6 Å². The molecule has 0 unspecified atom stereocenters. The zero-order valence-electron chi connectivity index (χ0n) is 12.4. The van der Waals surface area contributed by atoms with Gasteiger partial charge in [0.25, 0.3) is 0 Å². The largest absolute Gasteiger partial charge is 0.475 e. The lowest BCUT2D eigenvalue weighted by Gasteiger charge is -2.29. The molecule has 5 nitrogen and oxygen atoms in total. The first-order valence-electron chi connectivity index (χ1n) is 7.22. The highest BCUT2D eigenvalue weighted by molar-refractivity contribution is 7.17. The van der Waals surface area contributed by atoms with E-state index in [-0.39, 0.29) is 14.0 Å². The third-order valence-electron chi connectivity index (χ3n) is 3.40. The second-order valence-corrected chi connectivity index (χ2v) is 6.90. The molecule has 1 aliphatic rings. The summed E-state index contributed by atoms with van der Waals surface area (Å²) in [6.45, 7) is 7.55. The SMILES string of the molecule is C.CC(C)(O)COc1cc2sccc2c(N2CCNCC2)n1. The maximum atomic E-state index is 9.80. The summed E-state index contributed by atoms with van der Waals surface area (Å²) in [6, 6.07) is 4.07. The molecule has 3 rings (SSSR count). The van der Waals surface area contributed by atoms with E-state index in [0.29, 0.717) is 5.88 Å². The zero-order chi connectivity index (χ0) is 14.9. The number of piperazine rings is 1. The van der Waals surface area contributed by atoms with E-state index in [1.54, 1.807) is 25.2 Å². The summed E-state index contributed by atoms with van der Waals surface area (Å²) in [5.41, 5.74) is -0.860. The summed E-state index contributed by atoms with van der Waals surface area (Å²) < 4.78 is 6.85. The Morgan fingerprint density at radius 1 is 1.41 bits per heavy atom. The number of anilines is 1. The number of rotatable bonds is 4. The zero-order valence-corrected chi connectivity index (χ0v) is 13.2. The summed E-state index contributed by atoms with van der Waals surface area (Å²) in [6.07, 6.45) is 0. The maximum Gasteiger partial charge on any atom is 0.216 e. The standard InChI is InChI=1S/C15H21N3O2S.CH4/c1-15(2,19)10-20-13-9-12-11(3-8-21-12)14(17-13)18-6-4-16-5-7-18;/h3,8-9,16,19H,4-7,10H2,1-2H3;1H4. The third-order valence-corrected chi connectivity index (χ3v) is 4.26.